The van der Waals surface area contributed by atoms with Crippen molar-refractivity contribution in [1.82, 2.24) is 0 Å². The number of ether oxygens (including phenoxy) is 1. The highest BCUT2D eigenvalue weighted by Gasteiger charge is 2.06. The molecular weight excluding hydrogens is 308 g/mol. The second-order valence-corrected chi connectivity index (χ2v) is 5.74. The quantitative estimate of drug-likeness (QED) is 0.697. The maximum atomic E-state index is 9.65. The molecule has 0 amide bonds. The number of aliphatic hydroxyl groups is 1. The Kier molecular flexibility index (Phi) is 4.96. The van der Waals surface area contributed by atoms with E-state index in [0.29, 0.717) is 16.5 Å². The van der Waals surface area contributed by atoms with Gasteiger partial charge < -0.3 is 9.84 Å². The highest BCUT2D eigenvalue weighted by atomic mass is 35.5. The minimum Gasteiger partial charge on any atom is -0.457 e. The van der Waals surface area contributed by atoms with Crippen LogP contribution in [0.5, 0.6) is 11.5 Å². The first-order valence-electron chi connectivity index (χ1n) is 7.44. The summed E-state index contributed by atoms with van der Waals surface area (Å²) in [5.41, 5.74) is 3.19. The predicted octanol–water partition coefficient (Wildman–Crippen LogP) is 5.22. The fourth-order valence-electron chi connectivity index (χ4n) is 2.44. The molecule has 0 bridgehead atoms. The van der Waals surface area contributed by atoms with E-state index in [9.17, 15) is 5.11 Å². The van der Waals surface area contributed by atoms with Gasteiger partial charge in [-0.25, -0.2) is 0 Å². The summed E-state index contributed by atoms with van der Waals surface area (Å²) in [5, 5.41) is 10.3. The molecule has 23 heavy (non-hydrogen) atoms. The van der Waals surface area contributed by atoms with Crippen molar-refractivity contribution in [2.24, 2.45) is 0 Å². The van der Waals surface area contributed by atoms with Crippen molar-refractivity contribution in [2.45, 2.75) is 13.0 Å². The summed E-state index contributed by atoms with van der Waals surface area (Å²) in [4.78, 5) is 0. The first-order valence-corrected chi connectivity index (χ1v) is 7.82. The summed E-state index contributed by atoms with van der Waals surface area (Å²) < 4.78 is 5.81. The van der Waals surface area contributed by atoms with Crippen molar-refractivity contribution in [3.8, 4) is 11.5 Å². The van der Waals surface area contributed by atoms with Gasteiger partial charge in [0, 0.05) is 5.02 Å². The van der Waals surface area contributed by atoms with E-state index in [0.717, 1.165) is 17.5 Å². The van der Waals surface area contributed by atoms with Crippen molar-refractivity contribution in [1.29, 1.82) is 0 Å². The minimum atomic E-state index is -0.0139. The molecule has 2 nitrogen and oxygen atoms in total. The topological polar surface area (TPSA) is 29.5 Å². The van der Waals surface area contributed by atoms with E-state index in [1.54, 1.807) is 12.1 Å². The number of benzene rings is 3. The summed E-state index contributed by atoms with van der Waals surface area (Å²) in [6.07, 6.45) is 0.790. The van der Waals surface area contributed by atoms with Crippen molar-refractivity contribution in [3.63, 3.8) is 0 Å². The largest absolute Gasteiger partial charge is 0.457 e. The highest BCUT2D eigenvalue weighted by molar-refractivity contribution is 6.30. The third-order valence-corrected chi connectivity index (χ3v) is 3.89. The summed E-state index contributed by atoms with van der Waals surface area (Å²) >= 11 is 5.87. The van der Waals surface area contributed by atoms with Crippen molar-refractivity contribution >= 4 is 11.6 Å². The molecule has 0 unspecified atom stereocenters. The Bertz CT molecular complexity index is 767. The van der Waals surface area contributed by atoms with Gasteiger partial charge in [-0.2, -0.15) is 0 Å². The lowest BCUT2D eigenvalue weighted by Gasteiger charge is -2.11. The van der Waals surface area contributed by atoms with Crippen LogP contribution in [0.2, 0.25) is 5.02 Å². The molecule has 0 radical (unpaired) electrons. The molecule has 1 N–H and O–H groups in total. The Hall–Kier alpha value is -2.29. The average molecular weight is 325 g/mol. The number of hydrogen-bond donors (Lipinski definition) is 1. The van der Waals surface area contributed by atoms with Gasteiger partial charge in [-0.15, -0.1) is 0 Å². The zero-order valence-electron chi connectivity index (χ0n) is 12.6. The molecule has 3 aromatic rings. The molecule has 0 aliphatic carbocycles. The monoisotopic (exact) mass is 324 g/mol. The van der Waals surface area contributed by atoms with Crippen LogP contribution in [0, 0.1) is 0 Å². The Labute approximate surface area is 140 Å². The molecule has 0 atom stereocenters. The average Bonchev–Trinajstić information content (AvgIpc) is 2.59. The van der Waals surface area contributed by atoms with E-state index in [1.807, 2.05) is 48.5 Å². The fraction of sp³-hybridized carbons (Fsp3) is 0.100. The Morgan fingerprint density at radius 2 is 1.48 bits per heavy atom. The molecule has 0 spiro atoms. The Morgan fingerprint density at radius 3 is 2.17 bits per heavy atom. The minimum absolute atomic E-state index is 0.0139. The first kappa shape index (κ1) is 15.6. The van der Waals surface area contributed by atoms with E-state index in [4.69, 9.17) is 16.3 Å². The molecule has 116 valence electrons. The zero-order valence-corrected chi connectivity index (χ0v) is 13.3. The van der Waals surface area contributed by atoms with Crippen LogP contribution >= 0.6 is 11.6 Å². The van der Waals surface area contributed by atoms with Crippen molar-refractivity contribution < 1.29 is 9.84 Å². The Morgan fingerprint density at radius 1 is 0.783 bits per heavy atom. The van der Waals surface area contributed by atoms with Crippen LogP contribution in [-0.4, -0.2) is 5.11 Å². The molecule has 0 aliphatic rings. The standard InChI is InChI=1S/C20H17ClO2/c21-18-7-10-19(11-8-18)23-20-9-6-16(17(13-20)14-22)12-15-4-2-1-3-5-15/h1-11,13,22H,12,14H2. The van der Waals surface area contributed by atoms with Gasteiger partial charge in [0.2, 0.25) is 0 Å². The summed E-state index contributed by atoms with van der Waals surface area (Å²) in [6, 6.07) is 23.2. The molecule has 0 heterocycles. The van der Waals surface area contributed by atoms with Crippen LogP contribution in [0.1, 0.15) is 16.7 Å². The predicted molar refractivity (Wildman–Crippen MR) is 93.1 cm³/mol. The number of aliphatic hydroxyl groups excluding tert-OH is 1. The summed E-state index contributed by atoms with van der Waals surface area (Å²) in [6.45, 7) is -0.0139. The lowest BCUT2D eigenvalue weighted by molar-refractivity contribution is 0.280. The molecule has 0 aliphatic heterocycles. The number of halogens is 1. The third kappa shape index (κ3) is 4.13. The van der Waals surface area contributed by atoms with Gasteiger partial charge in [0.15, 0.2) is 0 Å². The maximum Gasteiger partial charge on any atom is 0.127 e. The van der Waals surface area contributed by atoms with Crippen molar-refractivity contribution in [2.75, 3.05) is 0 Å². The van der Waals surface area contributed by atoms with E-state index in [-0.39, 0.29) is 6.61 Å². The third-order valence-electron chi connectivity index (χ3n) is 3.63. The van der Waals surface area contributed by atoms with E-state index in [2.05, 4.69) is 12.1 Å². The SMILES string of the molecule is OCc1cc(Oc2ccc(Cl)cc2)ccc1Cc1ccccc1. The van der Waals surface area contributed by atoms with Gasteiger partial charge >= 0.3 is 0 Å². The van der Waals surface area contributed by atoms with Gasteiger partial charge in [-0.3, -0.25) is 0 Å². The van der Waals surface area contributed by atoms with Crippen LogP contribution in [0.25, 0.3) is 0 Å². The number of rotatable bonds is 5. The van der Waals surface area contributed by atoms with Gasteiger partial charge in [0.25, 0.3) is 0 Å². The Balaban J connectivity index is 1.80. The van der Waals surface area contributed by atoms with Crippen molar-refractivity contribution in [3.05, 3.63) is 94.5 Å². The normalized spacial score (nSPS) is 10.5. The number of hydrogen-bond acceptors (Lipinski definition) is 2. The van der Waals surface area contributed by atoms with Gasteiger partial charge in [0.1, 0.15) is 11.5 Å². The lowest BCUT2D eigenvalue weighted by Crippen LogP contribution is -1.97. The first-order chi connectivity index (χ1) is 11.2. The zero-order chi connectivity index (χ0) is 16.1. The second kappa shape index (κ2) is 7.32. The van der Waals surface area contributed by atoms with Gasteiger partial charge in [0.05, 0.1) is 6.61 Å². The molecule has 0 saturated heterocycles. The molecule has 0 saturated carbocycles. The van der Waals surface area contributed by atoms with Crippen LogP contribution < -0.4 is 4.74 Å². The second-order valence-electron chi connectivity index (χ2n) is 5.31. The fourth-order valence-corrected chi connectivity index (χ4v) is 2.57. The van der Waals surface area contributed by atoms with E-state index >= 15 is 0 Å². The highest BCUT2D eigenvalue weighted by Crippen LogP contribution is 2.26. The molecule has 0 fully saturated rings. The van der Waals surface area contributed by atoms with E-state index < -0.39 is 0 Å². The molecule has 3 heteroatoms. The van der Waals surface area contributed by atoms with Gasteiger partial charge in [-0.1, -0.05) is 48.0 Å². The van der Waals surface area contributed by atoms with E-state index in [1.165, 1.54) is 5.56 Å². The molecule has 3 rings (SSSR count). The maximum absolute atomic E-state index is 9.65. The van der Waals surface area contributed by atoms with Crippen LogP contribution in [-0.2, 0) is 13.0 Å². The van der Waals surface area contributed by atoms with Crippen LogP contribution in [0.15, 0.2) is 72.8 Å². The van der Waals surface area contributed by atoms with Crippen LogP contribution in [0.4, 0.5) is 0 Å². The summed E-state index contributed by atoms with van der Waals surface area (Å²) in [5.74, 6) is 1.42. The smallest absolute Gasteiger partial charge is 0.127 e. The molecular formula is C20H17ClO2. The molecule has 3 aromatic carbocycles. The van der Waals surface area contributed by atoms with Crippen LogP contribution in [0.3, 0.4) is 0 Å². The lowest BCUT2D eigenvalue weighted by atomic mass is 10.00. The van der Waals surface area contributed by atoms with Gasteiger partial charge in [-0.05, 0) is 59.5 Å². The molecule has 0 aromatic heterocycles. The summed E-state index contributed by atoms with van der Waals surface area (Å²) in [7, 11) is 0.